The summed E-state index contributed by atoms with van der Waals surface area (Å²) < 4.78 is 0. The van der Waals surface area contributed by atoms with Gasteiger partial charge in [-0.2, -0.15) is 18.1 Å². The molecule has 0 fully saturated rings. The quantitative estimate of drug-likeness (QED) is 0.208. The Morgan fingerprint density at radius 3 is 2.23 bits per heavy atom. The van der Waals surface area contributed by atoms with Crippen LogP contribution in [0.4, 0.5) is 0 Å². The molecule has 0 aliphatic heterocycles. The second-order valence-electron chi connectivity index (χ2n) is 6.03. The maximum absolute atomic E-state index is 10.5. The van der Waals surface area contributed by atoms with Crippen molar-refractivity contribution in [2.45, 2.75) is 85.4 Å². The molecule has 0 amide bonds. The van der Waals surface area contributed by atoms with Gasteiger partial charge in [0.2, 0.25) is 0 Å². The average Bonchev–Trinajstić information content (AvgIpc) is 2.65. The van der Waals surface area contributed by atoms with Gasteiger partial charge >= 0.3 is 5.97 Å². The molecule has 1 aromatic rings. The van der Waals surface area contributed by atoms with Crippen LogP contribution in [0.1, 0.15) is 84.3 Å². The van der Waals surface area contributed by atoms with Gasteiger partial charge in [0.05, 0.1) is 12.2 Å². The normalized spacial score (nSPS) is 11.2. The zero-order chi connectivity index (χ0) is 19.8. The first-order chi connectivity index (χ1) is 12.5. The number of unbranched alkanes of at least 4 members (excludes halogenated alkanes) is 3. The van der Waals surface area contributed by atoms with E-state index >= 15 is 0 Å². The van der Waals surface area contributed by atoms with Gasteiger partial charge < -0.3 is 15.3 Å². The number of hydrogen-bond acceptors (Lipinski definition) is 3. The summed E-state index contributed by atoms with van der Waals surface area (Å²) in [7, 11) is 0. The Balaban J connectivity index is -0.000000336. The Bertz CT molecular complexity index is 525. The van der Waals surface area contributed by atoms with Crippen LogP contribution in [0.25, 0.3) is 6.08 Å². The Labute approximate surface area is 260 Å². The van der Waals surface area contributed by atoms with Crippen LogP contribution in [0.2, 0.25) is 0 Å². The predicted molar refractivity (Wildman–Crippen MR) is 115 cm³/mol. The fourth-order valence-corrected chi connectivity index (χ4v) is 2.46. The third-order valence-electron chi connectivity index (χ3n) is 3.93. The Morgan fingerprint density at radius 1 is 1.07 bits per heavy atom. The Kier molecular flexibility index (Phi) is 39.8. The molecule has 3 radical (unpaired) electrons. The monoisotopic (exact) mass is 646 g/mol. The van der Waals surface area contributed by atoms with E-state index < -0.39 is 18.2 Å². The van der Waals surface area contributed by atoms with E-state index in [1.54, 1.807) is 6.08 Å². The molecule has 0 aliphatic carbocycles. The third kappa shape index (κ3) is 21.4. The van der Waals surface area contributed by atoms with Gasteiger partial charge in [-0.1, -0.05) is 66.0 Å². The van der Waals surface area contributed by atoms with E-state index in [1.165, 1.54) is 19.3 Å². The van der Waals surface area contributed by atoms with E-state index in [0.717, 1.165) is 17.5 Å². The molecule has 0 unspecified atom stereocenters. The second kappa shape index (κ2) is 28.6. The van der Waals surface area contributed by atoms with Gasteiger partial charge in [-0.25, -0.2) is 0 Å². The molecule has 1 rings (SSSR count). The molecule has 30 heavy (non-hydrogen) atoms. The first-order valence-corrected chi connectivity index (χ1v) is 9.73. The van der Waals surface area contributed by atoms with Crippen LogP contribution in [-0.2, 0) is 103 Å². The van der Waals surface area contributed by atoms with Crippen LogP contribution in [0.3, 0.4) is 0 Å². The molecule has 0 saturated carbocycles. The van der Waals surface area contributed by atoms with Gasteiger partial charge in [0.15, 0.2) is 0 Å². The topological polar surface area (TPSA) is 77.8 Å². The SMILES string of the molecule is C.CC.CCCCC[CH-]c1ccccc1/C=C/[C@@H](O)[C@@H](O)CCCC(=O)O.[Y].[Y].[Y]. The number of hydrogen-bond donors (Lipinski definition) is 3. The molecule has 4 nitrogen and oxygen atoms in total. The summed E-state index contributed by atoms with van der Waals surface area (Å²) in [6, 6.07) is 7.95. The van der Waals surface area contributed by atoms with Crippen molar-refractivity contribution in [1.29, 1.82) is 0 Å². The summed E-state index contributed by atoms with van der Waals surface area (Å²) in [5, 5.41) is 28.5. The Hall–Kier alpha value is 1.53. The van der Waals surface area contributed by atoms with E-state index in [2.05, 4.69) is 13.3 Å². The van der Waals surface area contributed by atoms with Crippen LogP contribution >= 0.6 is 0 Å². The summed E-state index contributed by atoms with van der Waals surface area (Å²) in [6.07, 6.45) is 8.88. The summed E-state index contributed by atoms with van der Waals surface area (Å²) in [4.78, 5) is 10.5. The minimum atomic E-state index is -0.994. The van der Waals surface area contributed by atoms with Crippen molar-refractivity contribution in [2.24, 2.45) is 0 Å². The maximum atomic E-state index is 10.5. The largest absolute Gasteiger partial charge is 0.481 e. The van der Waals surface area contributed by atoms with E-state index in [1.807, 2.05) is 44.2 Å². The molecule has 3 N–H and O–H groups in total. The Morgan fingerprint density at radius 2 is 1.67 bits per heavy atom. The van der Waals surface area contributed by atoms with E-state index in [4.69, 9.17) is 5.11 Å². The number of aliphatic hydroxyl groups excluding tert-OH is 2. The van der Waals surface area contributed by atoms with Crippen LogP contribution < -0.4 is 0 Å². The van der Waals surface area contributed by atoms with Crippen molar-refractivity contribution < 1.29 is 118 Å². The summed E-state index contributed by atoms with van der Waals surface area (Å²) in [5.74, 6) is -0.889. The molecule has 0 aromatic heterocycles. The number of aliphatic hydroxyl groups is 2. The van der Waals surface area contributed by atoms with Crippen molar-refractivity contribution in [2.75, 3.05) is 0 Å². The zero-order valence-electron chi connectivity index (χ0n) is 18.1. The summed E-state index contributed by atoms with van der Waals surface area (Å²) in [5.41, 5.74) is 2.13. The molecule has 0 bridgehead atoms. The first-order valence-electron chi connectivity index (χ1n) is 9.73. The fourth-order valence-electron chi connectivity index (χ4n) is 2.46. The smallest absolute Gasteiger partial charge is 0.303 e. The molecular weight excluding hydrogens is 607 g/mol. The number of carboxylic acid groups (broad SMARTS) is 1. The van der Waals surface area contributed by atoms with Gasteiger partial charge in [0.25, 0.3) is 0 Å². The molecule has 0 spiro atoms. The third-order valence-corrected chi connectivity index (χ3v) is 3.93. The first kappa shape index (κ1) is 41.8. The standard InChI is InChI=1S/C20H29O4.C2H6.CH4.3Y/c1-2-3-4-5-9-16-10-6-7-11-17(16)14-15-19(22)18(21)12-8-13-20(23)24;1-2;;;;/h6-7,9-11,14-15,18-19,21-22H,2-5,8,12-13H2,1H3,(H,23,24);1-2H3;1H4;;;/q-1;;;;;/b15-14+;;;;;/t18-,19+;;;;;/m0...../s1. The minimum Gasteiger partial charge on any atom is -0.481 e. The van der Waals surface area contributed by atoms with Gasteiger partial charge in [0, 0.05) is 105 Å². The summed E-state index contributed by atoms with van der Waals surface area (Å²) in [6.45, 7) is 6.18. The molecule has 7 heteroatoms. The second-order valence-corrected chi connectivity index (χ2v) is 6.03. The van der Waals surface area contributed by atoms with Crippen molar-refractivity contribution >= 4 is 12.0 Å². The molecule has 0 aliphatic rings. The number of rotatable bonds is 12. The average molecular weight is 646 g/mol. The maximum Gasteiger partial charge on any atom is 0.303 e. The van der Waals surface area contributed by atoms with E-state index in [0.29, 0.717) is 6.42 Å². The van der Waals surface area contributed by atoms with Crippen molar-refractivity contribution in [3.8, 4) is 0 Å². The van der Waals surface area contributed by atoms with Crippen molar-refractivity contribution in [1.82, 2.24) is 0 Å². The van der Waals surface area contributed by atoms with Gasteiger partial charge in [0.1, 0.15) is 0 Å². The molecule has 165 valence electrons. The minimum absolute atomic E-state index is 0. The van der Waals surface area contributed by atoms with Gasteiger partial charge in [-0.05, 0) is 12.8 Å². The molecule has 0 heterocycles. The number of benzene rings is 1. The van der Waals surface area contributed by atoms with E-state index in [-0.39, 0.29) is 118 Å². The molecule has 2 atom stereocenters. The van der Waals surface area contributed by atoms with Crippen LogP contribution in [0.5, 0.6) is 0 Å². The van der Waals surface area contributed by atoms with Gasteiger partial charge in [-0.3, -0.25) is 4.79 Å². The zero-order valence-corrected chi connectivity index (χ0v) is 26.6. The number of carboxylic acids is 1. The molecule has 0 saturated heterocycles. The summed E-state index contributed by atoms with van der Waals surface area (Å²) >= 11 is 0. The fraction of sp³-hybridized carbons (Fsp3) is 0.565. The molecular formula is C23H39O4Y3-. The number of aliphatic carboxylic acids is 1. The van der Waals surface area contributed by atoms with Crippen molar-refractivity contribution in [3.63, 3.8) is 0 Å². The predicted octanol–water partition coefficient (Wildman–Crippen LogP) is 5.46. The van der Waals surface area contributed by atoms with Gasteiger partial charge in [-0.15, -0.1) is 23.8 Å². The molecule has 1 aromatic carbocycles. The van der Waals surface area contributed by atoms with Crippen LogP contribution in [0, 0.1) is 6.42 Å². The van der Waals surface area contributed by atoms with Crippen LogP contribution in [-0.4, -0.2) is 33.5 Å². The number of carbonyl (C=O) groups is 1. The van der Waals surface area contributed by atoms with Crippen molar-refractivity contribution in [3.05, 3.63) is 47.9 Å². The van der Waals surface area contributed by atoms with E-state index in [9.17, 15) is 15.0 Å². The van der Waals surface area contributed by atoms with Crippen LogP contribution in [0.15, 0.2) is 30.3 Å².